The molecule has 0 bridgehead atoms. The van der Waals surface area contributed by atoms with Crippen LogP contribution in [0, 0.1) is 0 Å². The number of likely N-dealkylation sites (tertiary alicyclic amines) is 1. The Balaban J connectivity index is 1.34. The molecule has 194 valence electrons. The van der Waals surface area contributed by atoms with Gasteiger partial charge < -0.3 is 20.6 Å². The van der Waals surface area contributed by atoms with Crippen molar-refractivity contribution in [1.82, 2.24) is 24.3 Å². The van der Waals surface area contributed by atoms with Crippen LogP contribution in [0.25, 0.3) is 5.69 Å². The Kier molecular flexibility index (Phi) is 8.34. The van der Waals surface area contributed by atoms with Gasteiger partial charge in [0.25, 0.3) is 0 Å². The van der Waals surface area contributed by atoms with Crippen LogP contribution < -0.4 is 16.7 Å². The molecule has 3 heterocycles. The summed E-state index contributed by atoms with van der Waals surface area (Å²) < 4.78 is 1.44. The smallest absolute Gasteiger partial charge is 0.354 e. The van der Waals surface area contributed by atoms with Gasteiger partial charge in [-0.15, -0.1) is 0 Å². The Bertz CT molecular complexity index is 1110. The lowest BCUT2D eigenvalue weighted by Crippen LogP contribution is -2.56. The molecule has 1 aromatic carbocycles. The Morgan fingerprint density at radius 1 is 1.11 bits per heavy atom. The number of hydrogen-bond acceptors (Lipinski definition) is 7. The van der Waals surface area contributed by atoms with E-state index in [2.05, 4.69) is 15.2 Å². The van der Waals surface area contributed by atoms with Gasteiger partial charge in [-0.3, -0.25) is 19.6 Å². The number of benzene rings is 1. The molecule has 11 nitrogen and oxygen atoms in total. The Labute approximate surface area is 210 Å². The molecule has 0 saturated carbocycles. The molecule has 11 heteroatoms. The molecule has 0 aliphatic carbocycles. The number of nitrogens with one attached hydrogen (secondary N) is 1. The van der Waals surface area contributed by atoms with E-state index in [1.807, 2.05) is 31.2 Å². The molecule has 1 atom stereocenters. The van der Waals surface area contributed by atoms with E-state index in [0.717, 1.165) is 32.5 Å². The van der Waals surface area contributed by atoms with Crippen molar-refractivity contribution in [3.8, 4) is 5.69 Å². The highest BCUT2D eigenvalue weighted by Crippen LogP contribution is 2.16. The van der Waals surface area contributed by atoms with E-state index in [4.69, 9.17) is 10.8 Å². The number of nitrogens with zero attached hydrogens (tertiary/aromatic N) is 5. The summed E-state index contributed by atoms with van der Waals surface area (Å²) in [5.74, 6) is 0.0473. The third-order valence-corrected chi connectivity index (χ3v) is 6.86. The number of aromatic nitrogens is 2. The van der Waals surface area contributed by atoms with Gasteiger partial charge in [0.2, 0.25) is 5.91 Å². The maximum absolute atomic E-state index is 12.8. The van der Waals surface area contributed by atoms with E-state index >= 15 is 0 Å². The molecule has 2 aliphatic heterocycles. The van der Waals surface area contributed by atoms with Crippen molar-refractivity contribution in [1.29, 1.82) is 0 Å². The van der Waals surface area contributed by atoms with Crippen LogP contribution in [-0.2, 0) is 11.3 Å². The van der Waals surface area contributed by atoms with Gasteiger partial charge in [-0.05, 0) is 56.6 Å². The van der Waals surface area contributed by atoms with Crippen LogP contribution in [0.2, 0.25) is 0 Å². The minimum Gasteiger partial charge on any atom is -0.396 e. The average Bonchev–Trinajstić information content (AvgIpc) is 2.86. The lowest BCUT2D eigenvalue weighted by molar-refractivity contribution is -0.134. The summed E-state index contributed by atoms with van der Waals surface area (Å²) in [7, 11) is 0. The average molecular weight is 498 g/mol. The molecule has 3 amide bonds. The number of carbonyl (C=O) groups excluding carboxylic acids is 2. The second-order valence-electron chi connectivity index (χ2n) is 9.53. The highest BCUT2D eigenvalue weighted by Gasteiger charge is 2.29. The number of piperidine rings is 1. The fourth-order valence-corrected chi connectivity index (χ4v) is 4.72. The van der Waals surface area contributed by atoms with Gasteiger partial charge >= 0.3 is 11.7 Å². The number of aliphatic hydroxyl groups excluding tert-OH is 1. The van der Waals surface area contributed by atoms with Crippen molar-refractivity contribution in [2.24, 2.45) is 5.73 Å². The topological polar surface area (TPSA) is 137 Å². The largest absolute Gasteiger partial charge is 0.396 e. The minimum atomic E-state index is -0.488. The first-order valence-electron chi connectivity index (χ1n) is 12.5. The highest BCUT2D eigenvalue weighted by atomic mass is 16.3. The summed E-state index contributed by atoms with van der Waals surface area (Å²) in [6.45, 7) is 5.66. The molecule has 1 aromatic heterocycles. The summed E-state index contributed by atoms with van der Waals surface area (Å²) in [4.78, 5) is 47.2. The fourth-order valence-electron chi connectivity index (χ4n) is 4.72. The molecule has 2 saturated heterocycles. The summed E-state index contributed by atoms with van der Waals surface area (Å²) in [5, 5.41) is 11.7. The van der Waals surface area contributed by atoms with Crippen LogP contribution in [0.3, 0.4) is 0 Å². The zero-order valence-corrected chi connectivity index (χ0v) is 20.7. The predicted octanol–water partition coefficient (Wildman–Crippen LogP) is 0.603. The molecular formula is C25H35N7O4. The van der Waals surface area contributed by atoms with E-state index in [-0.39, 0.29) is 36.8 Å². The third-order valence-electron chi connectivity index (χ3n) is 6.86. The number of hydrogen-bond donors (Lipinski definition) is 3. The first kappa shape index (κ1) is 25.8. The first-order valence-corrected chi connectivity index (χ1v) is 12.5. The zero-order chi connectivity index (χ0) is 25.7. The maximum atomic E-state index is 12.8. The molecule has 36 heavy (non-hydrogen) atoms. The van der Waals surface area contributed by atoms with Crippen LogP contribution in [0.5, 0.6) is 0 Å². The van der Waals surface area contributed by atoms with E-state index in [1.165, 1.54) is 10.1 Å². The number of carbonyl (C=O) groups is 2. The fraction of sp³-hybridized carbons (Fsp3) is 0.520. The van der Waals surface area contributed by atoms with E-state index in [9.17, 15) is 14.4 Å². The lowest BCUT2D eigenvalue weighted by Gasteiger charge is -2.39. The van der Waals surface area contributed by atoms with Crippen LogP contribution >= 0.6 is 0 Å². The number of piperazine rings is 1. The number of anilines is 1. The quantitative estimate of drug-likeness (QED) is 0.532. The monoisotopic (exact) mass is 497 g/mol. The minimum absolute atomic E-state index is 0.0788. The molecule has 0 unspecified atom stereocenters. The first-order chi connectivity index (χ1) is 17.3. The van der Waals surface area contributed by atoms with Gasteiger partial charge in [0.1, 0.15) is 5.82 Å². The van der Waals surface area contributed by atoms with E-state index < -0.39 is 5.69 Å². The van der Waals surface area contributed by atoms with Crippen molar-refractivity contribution >= 4 is 17.8 Å². The number of rotatable bonds is 6. The highest BCUT2D eigenvalue weighted by molar-refractivity contribution is 5.88. The number of urea groups is 1. The summed E-state index contributed by atoms with van der Waals surface area (Å²) in [6, 6.07) is 9.13. The molecule has 4 N–H and O–H groups in total. The van der Waals surface area contributed by atoms with Crippen molar-refractivity contribution in [3.63, 3.8) is 0 Å². The Morgan fingerprint density at radius 3 is 2.47 bits per heavy atom. The van der Waals surface area contributed by atoms with E-state index in [0.29, 0.717) is 31.4 Å². The summed E-state index contributed by atoms with van der Waals surface area (Å²) >= 11 is 0. The summed E-state index contributed by atoms with van der Waals surface area (Å²) in [6.07, 6.45) is 3.71. The lowest BCUT2D eigenvalue weighted by atomic mass is 10.1. The molecule has 2 aliphatic rings. The molecule has 2 aromatic rings. The molecule has 0 spiro atoms. The van der Waals surface area contributed by atoms with Gasteiger partial charge in [-0.25, -0.2) is 9.59 Å². The van der Waals surface area contributed by atoms with Crippen molar-refractivity contribution in [2.45, 2.75) is 44.8 Å². The van der Waals surface area contributed by atoms with Crippen molar-refractivity contribution in [3.05, 3.63) is 52.6 Å². The van der Waals surface area contributed by atoms with Crippen LogP contribution in [0.4, 0.5) is 10.6 Å². The molecular weight excluding hydrogens is 462 g/mol. The Morgan fingerprint density at radius 2 is 1.83 bits per heavy atom. The second kappa shape index (κ2) is 11.6. The van der Waals surface area contributed by atoms with Crippen LogP contribution in [0.1, 0.15) is 31.7 Å². The summed E-state index contributed by atoms with van der Waals surface area (Å²) in [5.41, 5.74) is 7.37. The van der Waals surface area contributed by atoms with Gasteiger partial charge in [0, 0.05) is 50.9 Å². The molecule has 0 radical (unpaired) electrons. The van der Waals surface area contributed by atoms with Gasteiger partial charge in [0.05, 0.1) is 12.3 Å². The predicted molar refractivity (Wildman–Crippen MR) is 136 cm³/mol. The normalized spacial score (nSPS) is 19.4. The Hall–Kier alpha value is -3.28. The number of amides is 3. The van der Waals surface area contributed by atoms with Crippen molar-refractivity contribution in [2.75, 3.05) is 44.6 Å². The zero-order valence-electron chi connectivity index (χ0n) is 20.7. The number of aliphatic hydroxyl groups is 1. The van der Waals surface area contributed by atoms with Crippen LogP contribution in [-0.4, -0.2) is 92.7 Å². The van der Waals surface area contributed by atoms with Gasteiger partial charge in [-0.1, -0.05) is 12.1 Å². The molecule has 4 rings (SSSR count). The standard InChI is InChI=1S/C25H35N7O4/c1-18-16-30(23(34)9-15-33)13-14-31(18)24(35)27-22-8-12-32(25(36)28-22)21-4-2-19(3-5-21)17-29-10-6-20(26)7-11-29/h2-5,8,12,18,20,33H,6-7,9-11,13-17,26H2,1H3,(H,27,28,35,36)/t18-/m1/s1. The van der Waals surface area contributed by atoms with Gasteiger partial charge in [0.15, 0.2) is 0 Å². The second-order valence-corrected chi connectivity index (χ2v) is 9.53. The van der Waals surface area contributed by atoms with Crippen molar-refractivity contribution < 1.29 is 14.7 Å². The third kappa shape index (κ3) is 6.28. The van der Waals surface area contributed by atoms with E-state index in [1.54, 1.807) is 22.1 Å². The SMILES string of the molecule is C[C@@H]1CN(C(=O)CCO)CCN1C(=O)Nc1ccn(-c2ccc(CN3CCC(N)CC3)cc2)c(=O)n1. The van der Waals surface area contributed by atoms with Gasteiger partial charge in [-0.2, -0.15) is 4.98 Å². The maximum Gasteiger partial charge on any atom is 0.354 e. The molecule has 2 fully saturated rings. The van der Waals surface area contributed by atoms with Crippen LogP contribution in [0.15, 0.2) is 41.3 Å². The number of nitrogens with two attached hydrogens (primary N) is 1.